The number of nitrogen functional groups attached to an aromatic ring is 1. The van der Waals surface area contributed by atoms with Crippen LogP contribution in [0.25, 0.3) is 22.6 Å². The Bertz CT molecular complexity index is 1590. The maximum Gasteiger partial charge on any atom is 0.274 e. The Morgan fingerprint density at radius 2 is 2.06 bits per heavy atom. The summed E-state index contributed by atoms with van der Waals surface area (Å²) in [5.74, 6) is -0.573. The van der Waals surface area contributed by atoms with Crippen molar-refractivity contribution in [3.8, 4) is 28.7 Å². The fourth-order valence-electron chi connectivity index (χ4n) is 3.94. The van der Waals surface area contributed by atoms with Gasteiger partial charge >= 0.3 is 0 Å². The Kier molecular flexibility index (Phi) is 5.91. The van der Waals surface area contributed by atoms with Crippen LogP contribution in [-0.4, -0.2) is 36.9 Å². The highest BCUT2D eigenvalue weighted by Crippen LogP contribution is 2.35. The van der Waals surface area contributed by atoms with E-state index in [1.165, 1.54) is 0 Å². The van der Waals surface area contributed by atoms with E-state index in [0.717, 1.165) is 11.1 Å². The number of halogens is 1. The number of nitrogens with zero attached hydrogens (tertiary/aromatic N) is 7. The number of aryl methyl sites for hydroxylation is 1. The summed E-state index contributed by atoms with van der Waals surface area (Å²) in [5, 5.41) is 17.0. The average Bonchev–Trinajstić information content (AvgIpc) is 3.53. The number of amides is 1. The van der Waals surface area contributed by atoms with E-state index in [2.05, 4.69) is 30.4 Å². The second-order valence-electron chi connectivity index (χ2n) is 8.28. The smallest absolute Gasteiger partial charge is 0.274 e. The van der Waals surface area contributed by atoms with E-state index in [1.54, 1.807) is 61.4 Å². The van der Waals surface area contributed by atoms with Crippen LogP contribution < -0.4 is 11.1 Å². The number of aliphatic imine (C=N–C) groups is 1. The van der Waals surface area contributed by atoms with Crippen LogP contribution in [0.15, 0.2) is 47.6 Å². The van der Waals surface area contributed by atoms with E-state index < -0.39 is 11.9 Å². The molecule has 5 rings (SSSR count). The molecule has 0 unspecified atom stereocenters. The molecule has 3 aromatic heterocycles. The van der Waals surface area contributed by atoms with Gasteiger partial charge in [0.1, 0.15) is 23.2 Å². The third-order valence-corrected chi connectivity index (χ3v) is 6.09. The summed E-state index contributed by atoms with van der Waals surface area (Å²) in [6.45, 7) is 2.27. The predicted octanol–water partition coefficient (Wildman–Crippen LogP) is 3.47. The lowest BCUT2D eigenvalue weighted by atomic mass is 10.0. The van der Waals surface area contributed by atoms with Crippen molar-refractivity contribution in [1.29, 1.82) is 5.26 Å². The SMILES string of the molecule is C[C@@H](NC(=O)c1nc(-c2cc(Cl)c3c(c2)C=NC3)c(-c2ccn(C)n2)nc1N)c1cccc(C#N)n1. The number of carbonyl (C=O) groups is 1. The molecule has 4 aromatic rings. The van der Waals surface area contributed by atoms with Crippen LogP contribution in [0.4, 0.5) is 5.82 Å². The lowest BCUT2D eigenvalue weighted by Gasteiger charge is -2.16. The molecular weight excluding hydrogens is 478 g/mol. The molecule has 0 fully saturated rings. The zero-order chi connectivity index (χ0) is 25.4. The summed E-state index contributed by atoms with van der Waals surface area (Å²) in [5.41, 5.74) is 10.8. The number of fused-ring (bicyclic) bond motifs is 1. The summed E-state index contributed by atoms with van der Waals surface area (Å²) in [6.07, 6.45) is 3.54. The van der Waals surface area contributed by atoms with Gasteiger partial charge in [0.2, 0.25) is 0 Å². The molecule has 0 bridgehead atoms. The molecule has 3 N–H and O–H groups in total. The predicted molar refractivity (Wildman–Crippen MR) is 135 cm³/mol. The van der Waals surface area contributed by atoms with Crippen LogP contribution in [0.5, 0.6) is 0 Å². The number of aromatic nitrogens is 5. The first kappa shape index (κ1) is 23.1. The molecular formula is C25H20ClN9O. The van der Waals surface area contributed by atoms with Gasteiger partial charge in [0.05, 0.1) is 24.0 Å². The quantitative estimate of drug-likeness (QED) is 0.428. The summed E-state index contributed by atoms with van der Waals surface area (Å²) in [7, 11) is 1.79. The molecule has 1 amide bonds. The topological polar surface area (TPSA) is 148 Å². The first-order valence-electron chi connectivity index (χ1n) is 11.0. The molecule has 0 aliphatic carbocycles. The number of nitrogens with one attached hydrogen (secondary N) is 1. The second-order valence-corrected chi connectivity index (χ2v) is 8.69. The molecule has 0 spiro atoms. The number of rotatable bonds is 5. The third kappa shape index (κ3) is 4.28. The maximum atomic E-state index is 13.2. The number of hydrogen-bond donors (Lipinski definition) is 2. The molecule has 1 aromatic carbocycles. The minimum absolute atomic E-state index is 0.0433. The Balaban J connectivity index is 1.58. The van der Waals surface area contributed by atoms with Crippen LogP contribution >= 0.6 is 11.6 Å². The minimum Gasteiger partial charge on any atom is -0.382 e. The first-order chi connectivity index (χ1) is 17.3. The van der Waals surface area contributed by atoms with Gasteiger partial charge in [-0.2, -0.15) is 10.4 Å². The highest BCUT2D eigenvalue weighted by atomic mass is 35.5. The van der Waals surface area contributed by atoms with Gasteiger partial charge < -0.3 is 11.1 Å². The first-order valence-corrected chi connectivity index (χ1v) is 11.4. The monoisotopic (exact) mass is 497 g/mol. The summed E-state index contributed by atoms with van der Waals surface area (Å²) >= 11 is 6.54. The van der Waals surface area contributed by atoms with Crippen LogP contribution in [0.3, 0.4) is 0 Å². The highest BCUT2D eigenvalue weighted by Gasteiger charge is 2.24. The van der Waals surface area contributed by atoms with Crippen molar-refractivity contribution in [1.82, 2.24) is 30.0 Å². The molecule has 36 heavy (non-hydrogen) atoms. The van der Waals surface area contributed by atoms with E-state index in [-0.39, 0.29) is 17.2 Å². The van der Waals surface area contributed by atoms with E-state index in [0.29, 0.717) is 39.9 Å². The molecule has 4 heterocycles. The fourth-order valence-corrected chi connectivity index (χ4v) is 4.23. The van der Waals surface area contributed by atoms with Gasteiger partial charge in [-0.05, 0) is 42.8 Å². The standard InChI is InChI=1S/C25H20ClN9O/c1-13(19-5-3-4-16(10-27)31-19)30-25(36)23-24(28)33-22(20-6-7-35(2)34-20)21(32-23)14-8-15-11-29-12-17(15)18(26)9-14/h3-9,11,13H,12H2,1-2H3,(H2,28,33)(H,30,36)/t13-/m1/s1. The van der Waals surface area contributed by atoms with E-state index in [1.807, 2.05) is 12.1 Å². The zero-order valence-electron chi connectivity index (χ0n) is 19.4. The van der Waals surface area contributed by atoms with E-state index in [9.17, 15) is 4.79 Å². The van der Waals surface area contributed by atoms with Crippen molar-refractivity contribution in [2.45, 2.75) is 19.5 Å². The summed E-state index contributed by atoms with van der Waals surface area (Å²) in [4.78, 5) is 31.0. The molecule has 178 valence electrons. The van der Waals surface area contributed by atoms with Crippen LogP contribution in [-0.2, 0) is 13.6 Å². The van der Waals surface area contributed by atoms with Crippen molar-refractivity contribution in [2.24, 2.45) is 12.0 Å². The number of anilines is 1. The Morgan fingerprint density at radius 3 is 2.81 bits per heavy atom. The van der Waals surface area contributed by atoms with E-state index in [4.69, 9.17) is 22.6 Å². The van der Waals surface area contributed by atoms with Crippen LogP contribution in [0.1, 0.15) is 46.0 Å². The third-order valence-electron chi connectivity index (χ3n) is 5.75. The number of hydrogen-bond acceptors (Lipinski definition) is 8. The van der Waals surface area contributed by atoms with Gasteiger partial charge in [-0.3, -0.25) is 14.5 Å². The number of benzene rings is 1. The zero-order valence-corrected chi connectivity index (χ0v) is 20.2. The average molecular weight is 498 g/mol. The summed E-state index contributed by atoms with van der Waals surface area (Å²) < 4.78 is 1.64. The van der Waals surface area contributed by atoms with E-state index >= 15 is 0 Å². The lowest BCUT2D eigenvalue weighted by Crippen LogP contribution is -2.29. The maximum absolute atomic E-state index is 13.2. The van der Waals surface area contributed by atoms with Crippen molar-refractivity contribution in [3.63, 3.8) is 0 Å². The van der Waals surface area contributed by atoms with Gasteiger partial charge in [-0.25, -0.2) is 15.0 Å². The van der Waals surface area contributed by atoms with Gasteiger partial charge in [0, 0.05) is 35.6 Å². The Labute approximate surface area is 211 Å². The minimum atomic E-state index is -0.528. The highest BCUT2D eigenvalue weighted by molar-refractivity contribution is 6.32. The molecule has 0 saturated carbocycles. The lowest BCUT2D eigenvalue weighted by molar-refractivity contribution is 0.0935. The molecule has 10 nitrogen and oxygen atoms in total. The number of pyridine rings is 1. The molecule has 0 radical (unpaired) electrons. The van der Waals surface area contributed by atoms with Crippen molar-refractivity contribution in [2.75, 3.05) is 5.73 Å². The number of carbonyl (C=O) groups excluding carboxylic acids is 1. The molecule has 11 heteroatoms. The molecule has 0 saturated heterocycles. The molecule has 1 aliphatic heterocycles. The van der Waals surface area contributed by atoms with Crippen LogP contribution in [0.2, 0.25) is 5.02 Å². The van der Waals surface area contributed by atoms with Crippen LogP contribution in [0, 0.1) is 11.3 Å². The Hall–Kier alpha value is -4.62. The van der Waals surface area contributed by atoms with Crippen molar-refractivity contribution in [3.05, 3.63) is 75.8 Å². The summed E-state index contributed by atoms with van der Waals surface area (Å²) in [6, 6.07) is 12.0. The van der Waals surface area contributed by atoms with Gasteiger partial charge in [-0.15, -0.1) is 0 Å². The molecule has 1 atom stereocenters. The number of nitriles is 1. The van der Waals surface area contributed by atoms with Gasteiger partial charge in [-0.1, -0.05) is 17.7 Å². The molecule has 1 aliphatic rings. The van der Waals surface area contributed by atoms with Gasteiger partial charge in [0.25, 0.3) is 5.91 Å². The normalized spacial score (nSPS) is 12.7. The van der Waals surface area contributed by atoms with Crippen molar-refractivity contribution >= 4 is 29.5 Å². The fraction of sp³-hybridized carbons (Fsp3) is 0.160. The Morgan fingerprint density at radius 1 is 1.22 bits per heavy atom. The second kappa shape index (κ2) is 9.20. The largest absolute Gasteiger partial charge is 0.382 e. The number of nitrogens with two attached hydrogens (primary N) is 1. The van der Waals surface area contributed by atoms with Crippen molar-refractivity contribution < 1.29 is 4.79 Å². The van der Waals surface area contributed by atoms with Gasteiger partial charge in [0.15, 0.2) is 11.5 Å².